The van der Waals surface area contributed by atoms with E-state index in [9.17, 15) is 9.59 Å². The van der Waals surface area contributed by atoms with Crippen LogP contribution in [0.4, 0.5) is 0 Å². The minimum atomic E-state index is -0.475. The van der Waals surface area contributed by atoms with Crippen molar-refractivity contribution in [3.05, 3.63) is 64.7 Å². The second-order valence-electron chi connectivity index (χ2n) is 5.72. The van der Waals surface area contributed by atoms with Gasteiger partial charge >= 0.3 is 5.76 Å². The summed E-state index contributed by atoms with van der Waals surface area (Å²) in [5, 5.41) is 2.75. The topological polar surface area (TPSA) is 82.7 Å². The Hall–Kier alpha value is -3.48. The molecule has 0 bridgehead atoms. The van der Waals surface area contributed by atoms with E-state index in [0.717, 1.165) is 5.56 Å². The van der Waals surface area contributed by atoms with Crippen molar-refractivity contribution in [1.29, 1.82) is 0 Å². The summed E-state index contributed by atoms with van der Waals surface area (Å²) in [6.07, 6.45) is 3.11. The van der Waals surface area contributed by atoms with Crippen LogP contribution in [-0.4, -0.2) is 31.2 Å². The first kappa shape index (κ1) is 18.3. The number of benzene rings is 2. The SMILES string of the molecule is COc1ccc2c(c1)oc(=O)n2CCNC(=O)/C=C/c1ccccc1OC. The average Bonchev–Trinajstić information content (AvgIpc) is 3.00. The van der Waals surface area contributed by atoms with Gasteiger partial charge in [0.15, 0.2) is 5.58 Å². The number of hydrogen-bond donors (Lipinski definition) is 1. The maximum atomic E-state index is 12.0. The molecule has 7 nitrogen and oxygen atoms in total. The van der Waals surface area contributed by atoms with E-state index in [1.165, 1.54) is 10.6 Å². The fourth-order valence-corrected chi connectivity index (χ4v) is 2.70. The Labute approximate surface area is 155 Å². The number of amides is 1. The van der Waals surface area contributed by atoms with Gasteiger partial charge in [0.2, 0.25) is 5.91 Å². The highest BCUT2D eigenvalue weighted by atomic mass is 16.5. The van der Waals surface area contributed by atoms with Gasteiger partial charge in [-0.25, -0.2) is 4.79 Å². The molecule has 3 rings (SSSR count). The number of fused-ring (bicyclic) bond motifs is 1. The van der Waals surface area contributed by atoms with Gasteiger partial charge in [0.25, 0.3) is 0 Å². The van der Waals surface area contributed by atoms with Crippen molar-refractivity contribution in [2.75, 3.05) is 20.8 Å². The van der Waals surface area contributed by atoms with Crippen LogP contribution in [-0.2, 0) is 11.3 Å². The number of carbonyl (C=O) groups excluding carboxylic acids is 1. The molecule has 7 heteroatoms. The zero-order valence-corrected chi connectivity index (χ0v) is 15.1. The van der Waals surface area contributed by atoms with E-state index in [4.69, 9.17) is 13.9 Å². The first-order valence-electron chi connectivity index (χ1n) is 8.38. The third kappa shape index (κ3) is 4.20. The van der Waals surface area contributed by atoms with Crippen LogP contribution in [0.3, 0.4) is 0 Å². The number of methoxy groups -OCH3 is 2. The number of aromatic nitrogens is 1. The molecule has 27 heavy (non-hydrogen) atoms. The molecule has 0 unspecified atom stereocenters. The van der Waals surface area contributed by atoms with E-state index in [2.05, 4.69) is 5.32 Å². The van der Waals surface area contributed by atoms with Crippen molar-refractivity contribution in [1.82, 2.24) is 9.88 Å². The first-order chi connectivity index (χ1) is 13.1. The summed E-state index contributed by atoms with van der Waals surface area (Å²) in [4.78, 5) is 24.0. The third-order valence-electron chi connectivity index (χ3n) is 4.06. The number of rotatable bonds is 7. The van der Waals surface area contributed by atoms with E-state index in [1.807, 2.05) is 24.3 Å². The Morgan fingerprint density at radius 2 is 2.00 bits per heavy atom. The van der Waals surface area contributed by atoms with E-state index in [1.54, 1.807) is 38.5 Å². The molecule has 1 amide bonds. The fourth-order valence-electron chi connectivity index (χ4n) is 2.70. The Bertz CT molecular complexity index is 1030. The molecule has 0 fully saturated rings. The minimum absolute atomic E-state index is 0.261. The summed E-state index contributed by atoms with van der Waals surface area (Å²) in [5.41, 5.74) is 1.91. The number of nitrogens with one attached hydrogen (secondary N) is 1. The second-order valence-corrected chi connectivity index (χ2v) is 5.72. The molecule has 0 saturated heterocycles. The molecule has 140 valence electrons. The van der Waals surface area contributed by atoms with Crippen LogP contribution < -0.4 is 20.5 Å². The standard InChI is InChI=1S/C20H20N2O5/c1-25-15-8-9-16-18(13-15)27-20(24)22(16)12-11-21-19(23)10-7-14-5-3-4-6-17(14)26-2/h3-10,13H,11-12H2,1-2H3,(H,21,23)/b10-7+. The highest BCUT2D eigenvalue weighted by Gasteiger charge is 2.10. The molecule has 1 heterocycles. The first-order valence-corrected chi connectivity index (χ1v) is 8.38. The smallest absolute Gasteiger partial charge is 0.420 e. The summed E-state index contributed by atoms with van der Waals surface area (Å²) in [6, 6.07) is 12.6. The van der Waals surface area contributed by atoms with Gasteiger partial charge in [-0.05, 0) is 24.3 Å². The minimum Gasteiger partial charge on any atom is -0.497 e. The van der Waals surface area contributed by atoms with Crippen LogP contribution in [0.15, 0.2) is 57.8 Å². The molecule has 0 aliphatic heterocycles. The number of para-hydroxylation sites is 1. The molecule has 0 radical (unpaired) electrons. The van der Waals surface area contributed by atoms with Gasteiger partial charge in [0.05, 0.1) is 19.7 Å². The fraction of sp³-hybridized carbons (Fsp3) is 0.200. The second kappa shape index (κ2) is 8.27. The predicted molar refractivity (Wildman–Crippen MR) is 102 cm³/mol. The lowest BCUT2D eigenvalue weighted by Gasteiger charge is -2.05. The molecule has 3 aromatic rings. The summed E-state index contributed by atoms with van der Waals surface area (Å²) in [7, 11) is 3.12. The Balaban J connectivity index is 1.62. The maximum Gasteiger partial charge on any atom is 0.420 e. The van der Waals surface area contributed by atoms with Crippen molar-refractivity contribution in [2.45, 2.75) is 6.54 Å². The zero-order valence-electron chi connectivity index (χ0n) is 15.1. The lowest BCUT2D eigenvalue weighted by Crippen LogP contribution is -2.28. The molecule has 0 spiro atoms. The van der Waals surface area contributed by atoms with E-state index < -0.39 is 5.76 Å². The number of nitrogens with zero attached hydrogens (tertiary/aromatic N) is 1. The highest BCUT2D eigenvalue weighted by Crippen LogP contribution is 2.20. The van der Waals surface area contributed by atoms with Crippen LogP contribution in [0, 0.1) is 0 Å². The molecule has 0 saturated carbocycles. The van der Waals surface area contributed by atoms with Crippen molar-refractivity contribution in [3.63, 3.8) is 0 Å². The van der Waals surface area contributed by atoms with Crippen LogP contribution in [0.1, 0.15) is 5.56 Å². The third-order valence-corrected chi connectivity index (χ3v) is 4.06. The highest BCUT2D eigenvalue weighted by molar-refractivity contribution is 5.92. The predicted octanol–water partition coefficient (Wildman–Crippen LogP) is 2.44. The van der Waals surface area contributed by atoms with Gasteiger partial charge in [-0.15, -0.1) is 0 Å². The van der Waals surface area contributed by atoms with Crippen molar-refractivity contribution in [2.24, 2.45) is 0 Å². The largest absolute Gasteiger partial charge is 0.497 e. The number of ether oxygens (including phenoxy) is 2. The molecule has 0 atom stereocenters. The van der Waals surface area contributed by atoms with Crippen molar-refractivity contribution < 1.29 is 18.7 Å². The van der Waals surface area contributed by atoms with E-state index in [-0.39, 0.29) is 12.5 Å². The lowest BCUT2D eigenvalue weighted by atomic mass is 10.2. The van der Waals surface area contributed by atoms with Gasteiger partial charge in [-0.1, -0.05) is 18.2 Å². The lowest BCUT2D eigenvalue weighted by molar-refractivity contribution is -0.116. The Morgan fingerprint density at radius 1 is 1.19 bits per heavy atom. The van der Waals surface area contributed by atoms with Gasteiger partial charge in [-0.3, -0.25) is 9.36 Å². The molecular formula is C20H20N2O5. The number of hydrogen-bond acceptors (Lipinski definition) is 5. The van der Waals surface area contributed by atoms with Gasteiger partial charge < -0.3 is 19.2 Å². The van der Waals surface area contributed by atoms with Gasteiger partial charge in [0, 0.05) is 30.8 Å². The van der Waals surface area contributed by atoms with Crippen LogP contribution >= 0.6 is 0 Å². The van der Waals surface area contributed by atoms with Crippen LogP contribution in [0.25, 0.3) is 17.2 Å². The zero-order chi connectivity index (χ0) is 19.2. The normalized spacial score (nSPS) is 11.0. The summed E-state index contributed by atoms with van der Waals surface area (Å²) < 4.78 is 17.0. The molecule has 0 aliphatic carbocycles. The molecule has 0 aliphatic rings. The Kier molecular flexibility index (Phi) is 5.61. The molecule has 2 aromatic carbocycles. The van der Waals surface area contributed by atoms with Crippen molar-refractivity contribution >= 4 is 23.1 Å². The summed E-state index contributed by atoms with van der Waals surface area (Å²) in [6.45, 7) is 0.585. The van der Waals surface area contributed by atoms with Crippen LogP contribution in [0.2, 0.25) is 0 Å². The van der Waals surface area contributed by atoms with E-state index in [0.29, 0.717) is 29.1 Å². The average molecular weight is 368 g/mol. The van der Waals surface area contributed by atoms with E-state index >= 15 is 0 Å². The van der Waals surface area contributed by atoms with Gasteiger partial charge in [-0.2, -0.15) is 0 Å². The monoisotopic (exact) mass is 368 g/mol. The van der Waals surface area contributed by atoms with Crippen LogP contribution in [0.5, 0.6) is 11.5 Å². The van der Waals surface area contributed by atoms with Gasteiger partial charge in [0.1, 0.15) is 11.5 Å². The number of carbonyl (C=O) groups is 1. The maximum absolute atomic E-state index is 12.0. The molecular weight excluding hydrogens is 348 g/mol. The quantitative estimate of drug-likeness (QED) is 0.648. The summed E-state index contributed by atoms with van der Waals surface area (Å²) in [5.74, 6) is 0.562. The van der Waals surface area contributed by atoms with Crippen molar-refractivity contribution in [3.8, 4) is 11.5 Å². The number of oxazole rings is 1. The summed E-state index contributed by atoms with van der Waals surface area (Å²) >= 11 is 0. The Morgan fingerprint density at radius 3 is 2.78 bits per heavy atom. The molecule has 1 aromatic heterocycles. The molecule has 1 N–H and O–H groups in total.